The molecule has 0 unspecified atom stereocenters. The highest BCUT2D eigenvalue weighted by Gasteiger charge is 2.34. The van der Waals surface area contributed by atoms with Crippen LogP contribution >= 0.6 is 11.6 Å². The average molecular weight is 322 g/mol. The van der Waals surface area contributed by atoms with Crippen molar-refractivity contribution in [2.75, 3.05) is 5.32 Å². The normalized spacial score (nSPS) is 11.5. The maximum atomic E-state index is 13.5. The minimum atomic E-state index is -4.79. The van der Waals surface area contributed by atoms with Gasteiger partial charge in [-0.3, -0.25) is 0 Å². The summed E-state index contributed by atoms with van der Waals surface area (Å²) in [5.41, 5.74) is -1.24. The summed E-state index contributed by atoms with van der Waals surface area (Å²) < 4.78 is 64.4. The van der Waals surface area contributed by atoms with E-state index in [0.717, 1.165) is 6.07 Å². The number of nitrogens with one attached hydrogen (secondary N) is 1. The van der Waals surface area contributed by atoms with E-state index in [1.165, 1.54) is 18.2 Å². The third-order valence-corrected chi connectivity index (χ3v) is 3.16. The van der Waals surface area contributed by atoms with Crippen LogP contribution in [-0.4, -0.2) is 0 Å². The van der Waals surface area contributed by atoms with Crippen LogP contribution in [0, 0.1) is 11.6 Å². The van der Waals surface area contributed by atoms with E-state index in [-0.39, 0.29) is 22.8 Å². The molecule has 0 fully saturated rings. The molecule has 0 amide bonds. The molecule has 0 atom stereocenters. The van der Waals surface area contributed by atoms with Crippen molar-refractivity contribution in [3.63, 3.8) is 0 Å². The lowest BCUT2D eigenvalue weighted by molar-refractivity contribution is -0.139. The van der Waals surface area contributed by atoms with E-state index in [1.54, 1.807) is 0 Å². The van der Waals surface area contributed by atoms with E-state index < -0.39 is 23.4 Å². The Morgan fingerprint density at radius 2 is 1.71 bits per heavy atom. The van der Waals surface area contributed by atoms with Crippen LogP contribution in [0.15, 0.2) is 36.4 Å². The molecule has 2 rings (SSSR count). The van der Waals surface area contributed by atoms with Crippen LogP contribution < -0.4 is 5.32 Å². The minimum absolute atomic E-state index is 0.0167. The number of halogens is 6. The molecule has 0 saturated carbocycles. The van der Waals surface area contributed by atoms with Crippen molar-refractivity contribution in [1.82, 2.24) is 0 Å². The number of hydrogen-bond donors (Lipinski definition) is 1. The topological polar surface area (TPSA) is 12.0 Å². The van der Waals surface area contributed by atoms with Crippen LogP contribution in [0.25, 0.3) is 0 Å². The van der Waals surface area contributed by atoms with Crippen LogP contribution in [0.2, 0.25) is 5.02 Å². The van der Waals surface area contributed by atoms with E-state index >= 15 is 0 Å². The molecule has 1 nitrogen and oxygen atoms in total. The number of benzene rings is 2. The van der Waals surface area contributed by atoms with Crippen LogP contribution in [0.1, 0.15) is 11.1 Å². The fourth-order valence-electron chi connectivity index (χ4n) is 1.74. The number of alkyl halides is 3. The molecule has 112 valence electrons. The van der Waals surface area contributed by atoms with Crippen molar-refractivity contribution < 1.29 is 22.0 Å². The molecule has 2 aromatic rings. The molecule has 21 heavy (non-hydrogen) atoms. The van der Waals surface area contributed by atoms with Gasteiger partial charge in [0.1, 0.15) is 11.6 Å². The Morgan fingerprint density at radius 3 is 2.33 bits per heavy atom. The van der Waals surface area contributed by atoms with Gasteiger partial charge in [-0.15, -0.1) is 0 Å². The molecule has 0 aliphatic heterocycles. The van der Waals surface area contributed by atoms with Gasteiger partial charge in [0.05, 0.1) is 5.56 Å². The van der Waals surface area contributed by atoms with Crippen molar-refractivity contribution >= 4 is 17.3 Å². The fraction of sp³-hybridized carbons (Fsp3) is 0.143. The summed E-state index contributed by atoms with van der Waals surface area (Å²) in [5, 5.41) is 2.74. The van der Waals surface area contributed by atoms with Gasteiger partial charge in [0.2, 0.25) is 0 Å². The molecule has 0 spiro atoms. The lowest BCUT2D eigenvalue weighted by Gasteiger charge is -2.12. The molecule has 0 bridgehead atoms. The SMILES string of the molecule is Fc1ccc(NCc2c(F)cccc2Cl)cc1C(F)(F)F. The van der Waals surface area contributed by atoms with E-state index in [0.29, 0.717) is 12.1 Å². The largest absolute Gasteiger partial charge is 0.419 e. The Hall–Kier alpha value is -1.82. The van der Waals surface area contributed by atoms with Gasteiger partial charge in [-0.25, -0.2) is 8.78 Å². The van der Waals surface area contributed by atoms with Crippen molar-refractivity contribution in [1.29, 1.82) is 0 Å². The van der Waals surface area contributed by atoms with Gasteiger partial charge in [0.15, 0.2) is 0 Å². The average Bonchev–Trinajstić information content (AvgIpc) is 2.38. The van der Waals surface area contributed by atoms with Crippen LogP contribution in [0.3, 0.4) is 0 Å². The van der Waals surface area contributed by atoms with Gasteiger partial charge in [-0.1, -0.05) is 17.7 Å². The third-order valence-electron chi connectivity index (χ3n) is 2.80. The van der Waals surface area contributed by atoms with Gasteiger partial charge in [-0.2, -0.15) is 13.2 Å². The summed E-state index contributed by atoms with van der Waals surface area (Å²) in [4.78, 5) is 0. The minimum Gasteiger partial charge on any atom is -0.381 e. The molecule has 0 aliphatic carbocycles. The summed E-state index contributed by atoms with van der Waals surface area (Å²) in [6.07, 6.45) is -4.79. The highest BCUT2D eigenvalue weighted by molar-refractivity contribution is 6.31. The number of anilines is 1. The standard InChI is InChI=1S/C14H9ClF5N/c15-11-2-1-3-12(16)9(11)7-21-8-4-5-13(17)10(6-8)14(18,19)20/h1-6,21H,7H2. The Balaban J connectivity index is 2.22. The van der Waals surface area contributed by atoms with E-state index in [2.05, 4.69) is 5.32 Å². The van der Waals surface area contributed by atoms with E-state index in [1.807, 2.05) is 0 Å². The Labute approximate surface area is 122 Å². The summed E-state index contributed by atoms with van der Waals surface area (Å²) in [6, 6.07) is 6.54. The Morgan fingerprint density at radius 1 is 1.00 bits per heavy atom. The zero-order chi connectivity index (χ0) is 15.6. The first-order valence-corrected chi connectivity index (χ1v) is 6.20. The summed E-state index contributed by atoms with van der Waals surface area (Å²) in [5.74, 6) is -1.94. The zero-order valence-electron chi connectivity index (χ0n) is 10.4. The molecule has 0 heterocycles. The van der Waals surface area contributed by atoms with Crippen LogP contribution in [0.5, 0.6) is 0 Å². The summed E-state index contributed by atoms with van der Waals surface area (Å²) in [6.45, 7) is -0.117. The maximum Gasteiger partial charge on any atom is 0.419 e. The smallest absolute Gasteiger partial charge is 0.381 e. The van der Waals surface area contributed by atoms with Crippen molar-refractivity contribution in [2.24, 2.45) is 0 Å². The van der Waals surface area contributed by atoms with Crippen molar-refractivity contribution in [3.8, 4) is 0 Å². The molecule has 0 aliphatic rings. The van der Waals surface area contributed by atoms with Crippen molar-refractivity contribution in [3.05, 3.63) is 64.2 Å². The lowest BCUT2D eigenvalue weighted by atomic mass is 10.1. The molecule has 2 aromatic carbocycles. The molecule has 1 N–H and O–H groups in total. The van der Waals surface area contributed by atoms with Crippen molar-refractivity contribution in [2.45, 2.75) is 12.7 Å². The van der Waals surface area contributed by atoms with E-state index in [9.17, 15) is 22.0 Å². The molecule has 0 aromatic heterocycles. The van der Waals surface area contributed by atoms with Gasteiger partial charge in [0.25, 0.3) is 0 Å². The van der Waals surface area contributed by atoms with Crippen LogP contribution in [0.4, 0.5) is 27.6 Å². The second-order valence-electron chi connectivity index (χ2n) is 4.25. The van der Waals surface area contributed by atoms with Gasteiger partial charge in [-0.05, 0) is 30.3 Å². The van der Waals surface area contributed by atoms with Crippen LogP contribution in [-0.2, 0) is 12.7 Å². The highest BCUT2D eigenvalue weighted by atomic mass is 35.5. The Kier molecular flexibility index (Phi) is 4.37. The molecule has 0 saturated heterocycles. The molecule has 7 heteroatoms. The predicted octanol–water partition coefficient (Wildman–Crippen LogP) is 5.25. The first-order valence-electron chi connectivity index (χ1n) is 5.82. The van der Waals surface area contributed by atoms with Gasteiger partial charge < -0.3 is 5.32 Å². The summed E-state index contributed by atoms with van der Waals surface area (Å²) >= 11 is 5.80. The predicted molar refractivity (Wildman–Crippen MR) is 70.1 cm³/mol. The molecule has 0 radical (unpaired) electrons. The number of hydrogen-bond acceptors (Lipinski definition) is 1. The Bertz CT molecular complexity index is 634. The quantitative estimate of drug-likeness (QED) is 0.761. The first kappa shape index (κ1) is 15.6. The first-order chi connectivity index (χ1) is 9.79. The van der Waals surface area contributed by atoms with Gasteiger partial charge in [0, 0.05) is 22.8 Å². The molecular formula is C14H9ClF5N. The van der Waals surface area contributed by atoms with E-state index in [4.69, 9.17) is 11.6 Å². The highest BCUT2D eigenvalue weighted by Crippen LogP contribution is 2.33. The second-order valence-corrected chi connectivity index (χ2v) is 4.65. The zero-order valence-corrected chi connectivity index (χ0v) is 11.2. The lowest BCUT2D eigenvalue weighted by Crippen LogP contribution is -2.10. The monoisotopic (exact) mass is 321 g/mol. The summed E-state index contributed by atoms with van der Waals surface area (Å²) in [7, 11) is 0. The third kappa shape index (κ3) is 3.64. The second kappa shape index (κ2) is 5.89. The fourth-order valence-corrected chi connectivity index (χ4v) is 1.97. The number of rotatable bonds is 3. The molecular weight excluding hydrogens is 313 g/mol. The maximum absolute atomic E-state index is 13.5. The van der Waals surface area contributed by atoms with Gasteiger partial charge >= 0.3 is 6.18 Å².